The number of hydrogen-bond acceptors (Lipinski definition) is 3. The number of aryl methyl sites for hydroxylation is 1. The summed E-state index contributed by atoms with van der Waals surface area (Å²) in [5, 5.41) is 0. The Morgan fingerprint density at radius 2 is 1.61 bits per heavy atom. The van der Waals surface area contributed by atoms with Crippen molar-refractivity contribution in [1.82, 2.24) is 0 Å². The normalized spacial score (nSPS) is 10.4. The Hall–Kier alpha value is -1.22. The molecule has 102 valence electrons. The zero-order valence-electron chi connectivity index (χ0n) is 11.7. The number of rotatable bonds is 9. The van der Waals surface area contributed by atoms with Gasteiger partial charge in [-0.25, -0.2) is 0 Å². The van der Waals surface area contributed by atoms with Crippen molar-refractivity contribution in [1.29, 1.82) is 0 Å². The van der Waals surface area contributed by atoms with E-state index in [9.17, 15) is 0 Å². The SMILES string of the molecule is CCOCCCc1ccc(OCC)c(OCC)c1. The zero-order chi connectivity index (χ0) is 13.2. The van der Waals surface area contributed by atoms with Gasteiger partial charge < -0.3 is 14.2 Å². The second-order valence-electron chi connectivity index (χ2n) is 3.95. The summed E-state index contributed by atoms with van der Waals surface area (Å²) in [6.07, 6.45) is 2.04. The monoisotopic (exact) mass is 252 g/mol. The fraction of sp³-hybridized carbons (Fsp3) is 0.600. The first-order chi connectivity index (χ1) is 8.81. The lowest BCUT2D eigenvalue weighted by molar-refractivity contribution is 0.145. The van der Waals surface area contributed by atoms with Crippen LogP contribution in [0.25, 0.3) is 0 Å². The molecule has 0 fully saturated rings. The van der Waals surface area contributed by atoms with E-state index in [2.05, 4.69) is 12.1 Å². The highest BCUT2D eigenvalue weighted by Gasteiger charge is 2.05. The molecule has 1 rings (SSSR count). The predicted molar refractivity (Wildman–Crippen MR) is 73.6 cm³/mol. The van der Waals surface area contributed by atoms with Gasteiger partial charge in [0.2, 0.25) is 0 Å². The second-order valence-corrected chi connectivity index (χ2v) is 3.95. The van der Waals surface area contributed by atoms with Gasteiger partial charge in [0.05, 0.1) is 13.2 Å². The molecule has 18 heavy (non-hydrogen) atoms. The largest absolute Gasteiger partial charge is 0.490 e. The van der Waals surface area contributed by atoms with Crippen LogP contribution in [0.2, 0.25) is 0 Å². The Morgan fingerprint density at radius 3 is 2.28 bits per heavy atom. The van der Waals surface area contributed by atoms with Gasteiger partial charge in [0.25, 0.3) is 0 Å². The molecule has 0 saturated heterocycles. The van der Waals surface area contributed by atoms with E-state index in [0.717, 1.165) is 37.6 Å². The van der Waals surface area contributed by atoms with Crippen molar-refractivity contribution in [3.63, 3.8) is 0 Å². The molecule has 0 radical (unpaired) electrons. The minimum atomic E-state index is 0.655. The molecule has 3 nitrogen and oxygen atoms in total. The standard InChI is InChI=1S/C15H24O3/c1-4-16-11-7-8-13-9-10-14(17-5-2)15(12-13)18-6-3/h9-10,12H,4-8,11H2,1-3H3. The molecule has 0 aromatic heterocycles. The Kier molecular flexibility index (Phi) is 7.26. The van der Waals surface area contributed by atoms with Crippen LogP contribution >= 0.6 is 0 Å². The maximum absolute atomic E-state index is 5.60. The summed E-state index contributed by atoms with van der Waals surface area (Å²) in [5.41, 5.74) is 1.27. The summed E-state index contributed by atoms with van der Waals surface area (Å²) in [4.78, 5) is 0. The minimum absolute atomic E-state index is 0.655. The highest BCUT2D eigenvalue weighted by molar-refractivity contribution is 5.43. The van der Waals surface area contributed by atoms with E-state index in [4.69, 9.17) is 14.2 Å². The average molecular weight is 252 g/mol. The molecule has 0 heterocycles. The molecule has 0 spiro atoms. The minimum Gasteiger partial charge on any atom is -0.490 e. The van der Waals surface area contributed by atoms with Crippen LogP contribution in [0.5, 0.6) is 11.5 Å². The van der Waals surface area contributed by atoms with Crippen LogP contribution in [0.15, 0.2) is 18.2 Å². The molecule has 0 saturated carbocycles. The van der Waals surface area contributed by atoms with Gasteiger partial charge in [-0.1, -0.05) is 6.07 Å². The molecular formula is C15H24O3. The Labute approximate surface area is 110 Å². The third-order valence-corrected chi connectivity index (χ3v) is 2.57. The van der Waals surface area contributed by atoms with Crippen molar-refractivity contribution >= 4 is 0 Å². The van der Waals surface area contributed by atoms with Gasteiger partial charge in [0.15, 0.2) is 11.5 Å². The summed E-state index contributed by atoms with van der Waals surface area (Å²) in [6, 6.07) is 6.16. The number of benzene rings is 1. The summed E-state index contributed by atoms with van der Waals surface area (Å²) in [6.45, 7) is 8.89. The van der Waals surface area contributed by atoms with Crippen LogP contribution in [-0.4, -0.2) is 26.4 Å². The first-order valence-corrected chi connectivity index (χ1v) is 6.78. The first-order valence-electron chi connectivity index (χ1n) is 6.78. The summed E-state index contributed by atoms with van der Waals surface area (Å²) >= 11 is 0. The Balaban J connectivity index is 2.61. The van der Waals surface area contributed by atoms with Crippen LogP contribution in [0, 0.1) is 0 Å². The molecule has 0 unspecified atom stereocenters. The molecular weight excluding hydrogens is 228 g/mol. The molecule has 1 aromatic carbocycles. The van der Waals surface area contributed by atoms with E-state index < -0.39 is 0 Å². The van der Waals surface area contributed by atoms with Crippen LogP contribution in [0.4, 0.5) is 0 Å². The van der Waals surface area contributed by atoms with Gasteiger partial charge in [0, 0.05) is 13.2 Å². The summed E-state index contributed by atoms with van der Waals surface area (Å²) in [7, 11) is 0. The van der Waals surface area contributed by atoms with Crippen LogP contribution in [0.1, 0.15) is 32.8 Å². The summed E-state index contributed by atoms with van der Waals surface area (Å²) in [5.74, 6) is 1.67. The fourth-order valence-electron chi connectivity index (χ4n) is 1.77. The van der Waals surface area contributed by atoms with Crippen LogP contribution < -0.4 is 9.47 Å². The summed E-state index contributed by atoms with van der Waals surface area (Å²) < 4.78 is 16.5. The van der Waals surface area contributed by atoms with Gasteiger partial charge >= 0.3 is 0 Å². The molecule has 0 aliphatic heterocycles. The maximum Gasteiger partial charge on any atom is 0.161 e. The van der Waals surface area contributed by atoms with E-state index >= 15 is 0 Å². The van der Waals surface area contributed by atoms with Gasteiger partial charge in [-0.05, 0) is 51.3 Å². The smallest absolute Gasteiger partial charge is 0.161 e. The quantitative estimate of drug-likeness (QED) is 0.630. The lowest BCUT2D eigenvalue weighted by atomic mass is 10.1. The van der Waals surface area contributed by atoms with Gasteiger partial charge in [-0.3, -0.25) is 0 Å². The Morgan fingerprint density at radius 1 is 0.889 bits per heavy atom. The first kappa shape index (κ1) is 14.8. The highest BCUT2D eigenvalue weighted by atomic mass is 16.5. The fourth-order valence-corrected chi connectivity index (χ4v) is 1.77. The van der Waals surface area contributed by atoms with Gasteiger partial charge in [-0.15, -0.1) is 0 Å². The van der Waals surface area contributed by atoms with E-state index in [1.807, 2.05) is 26.8 Å². The van der Waals surface area contributed by atoms with Crippen molar-refractivity contribution in [3.05, 3.63) is 23.8 Å². The predicted octanol–water partition coefficient (Wildman–Crippen LogP) is 3.45. The molecule has 0 aliphatic carbocycles. The van der Waals surface area contributed by atoms with Crippen molar-refractivity contribution in [2.75, 3.05) is 26.4 Å². The van der Waals surface area contributed by atoms with Crippen molar-refractivity contribution < 1.29 is 14.2 Å². The number of hydrogen-bond donors (Lipinski definition) is 0. The topological polar surface area (TPSA) is 27.7 Å². The van der Waals surface area contributed by atoms with E-state index in [-0.39, 0.29) is 0 Å². The van der Waals surface area contributed by atoms with Gasteiger partial charge in [0.1, 0.15) is 0 Å². The number of ether oxygens (including phenoxy) is 3. The lowest BCUT2D eigenvalue weighted by Crippen LogP contribution is -2.00. The second kappa shape index (κ2) is 8.81. The van der Waals surface area contributed by atoms with Crippen molar-refractivity contribution in [2.45, 2.75) is 33.6 Å². The van der Waals surface area contributed by atoms with Crippen LogP contribution in [0.3, 0.4) is 0 Å². The molecule has 0 atom stereocenters. The highest BCUT2D eigenvalue weighted by Crippen LogP contribution is 2.28. The third kappa shape index (κ3) is 4.96. The van der Waals surface area contributed by atoms with E-state index in [1.165, 1.54) is 5.56 Å². The van der Waals surface area contributed by atoms with Crippen molar-refractivity contribution in [2.24, 2.45) is 0 Å². The molecule has 0 N–H and O–H groups in total. The molecule has 0 aliphatic rings. The molecule has 1 aromatic rings. The third-order valence-electron chi connectivity index (χ3n) is 2.57. The zero-order valence-corrected chi connectivity index (χ0v) is 11.7. The van der Waals surface area contributed by atoms with E-state index in [1.54, 1.807) is 0 Å². The molecule has 0 bridgehead atoms. The van der Waals surface area contributed by atoms with E-state index in [0.29, 0.717) is 13.2 Å². The lowest BCUT2D eigenvalue weighted by Gasteiger charge is -2.12. The van der Waals surface area contributed by atoms with Crippen LogP contribution in [-0.2, 0) is 11.2 Å². The van der Waals surface area contributed by atoms with Gasteiger partial charge in [-0.2, -0.15) is 0 Å². The van der Waals surface area contributed by atoms with Crippen molar-refractivity contribution in [3.8, 4) is 11.5 Å². The molecule has 0 amide bonds. The Bertz CT molecular complexity index is 337. The maximum atomic E-state index is 5.60. The molecule has 3 heteroatoms. The average Bonchev–Trinajstić information content (AvgIpc) is 2.38.